The lowest BCUT2D eigenvalue weighted by Crippen LogP contribution is -1.88. The van der Waals surface area contributed by atoms with Gasteiger partial charge in [-0.2, -0.15) is 0 Å². The van der Waals surface area contributed by atoms with Gasteiger partial charge in [0.25, 0.3) is 5.69 Å². The average molecular weight is 227 g/mol. The van der Waals surface area contributed by atoms with Crippen LogP contribution in [0.1, 0.15) is 12.8 Å². The number of nitrogens with zero attached hydrogens (tertiary/aromatic N) is 2. The first kappa shape index (κ1) is 9.92. The maximum absolute atomic E-state index is 10.6. The molecular formula is C9H7ClN2O3. The lowest BCUT2D eigenvalue weighted by molar-refractivity contribution is -0.384. The molecule has 0 saturated carbocycles. The van der Waals surface area contributed by atoms with Crippen molar-refractivity contribution < 1.29 is 9.34 Å². The molecule has 15 heavy (non-hydrogen) atoms. The lowest BCUT2D eigenvalue weighted by atomic mass is 10.3. The molecule has 6 heteroatoms. The summed E-state index contributed by atoms with van der Waals surface area (Å²) in [7, 11) is 0. The molecule has 5 nitrogen and oxygen atoms in total. The van der Waals surface area contributed by atoms with Crippen molar-refractivity contribution in [3.63, 3.8) is 0 Å². The van der Waals surface area contributed by atoms with Gasteiger partial charge < -0.3 is 4.42 Å². The Hall–Kier alpha value is -1.62. The van der Waals surface area contributed by atoms with Gasteiger partial charge in [-0.25, -0.2) is 4.98 Å². The van der Waals surface area contributed by atoms with Crippen molar-refractivity contribution in [2.75, 3.05) is 0 Å². The summed E-state index contributed by atoms with van der Waals surface area (Å²) in [6, 6.07) is 2.74. The number of aromatic nitrogens is 1. The average Bonchev–Trinajstić information content (AvgIpc) is 2.58. The van der Waals surface area contributed by atoms with Crippen LogP contribution in [0.4, 0.5) is 5.69 Å². The number of nitro benzene ring substituents is 1. The summed E-state index contributed by atoms with van der Waals surface area (Å²) >= 11 is 5.73. The first-order chi connectivity index (χ1) is 7.11. The molecule has 0 saturated heterocycles. The van der Waals surface area contributed by atoms with E-state index < -0.39 is 4.92 Å². The van der Waals surface area contributed by atoms with E-state index in [0.717, 1.165) is 0 Å². The second-order valence-electron chi connectivity index (χ2n) is 2.99. The van der Waals surface area contributed by atoms with Crippen molar-refractivity contribution in [1.82, 2.24) is 4.98 Å². The molecule has 0 radical (unpaired) electrons. The molecule has 0 amide bonds. The Bertz CT molecular complexity index is 535. The summed E-state index contributed by atoms with van der Waals surface area (Å²) < 4.78 is 5.29. The van der Waals surface area contributed by atoms with E-state index in [0.29, 0.717) is 23.4 Å². The maximum atomic E-state index is 10.6. The van der Waals surface area contributed by atoms with Crippen LogP contribution in [-0.2, 0) is 6.42 Å². The third kappa shape index (κ3) is 1.66. The van der Waals surface area contributed by atoms with Crippen LogP contribution in [0, 0.1) is 10.1 Å². The van der Waals surface area contributed by atoms with E-state index >= 15 is 0 Å². The summed E-state index contributed by atoms with van der Waals surface area (Å²) in [5.41, 5.74) is 0.772. The van der Waals surface area contributed by atoms with Crippen molar-refractivity contribution in [1.29, 1.82) is 0 Å². The van der Waals surface area contributed by atoms with E-state index in [1.165, 1.54) is 12.1 Å². The van der Waals surface area contributed by atoms with Crippen molar-refractivity contribution in [2.45, 2.75) is 13.3 Å². The highest BCUT2D eigenvalue weighted by molar-refractivity contribution is 6.33. The number of fused-ring (bicyclic) bond motifs is 1. The third-order valence-electron chi connectivity index (χ3n) is 2.00. The molecule has 0 atom stereocenters. The van der Waals surface area contributed by atoms with Gasteiger partial charge in [-0.15, -0.1) is 0 Å². The first-order valence-electron chi connectivity index (χ1n) is 4.35. The highest BCUT2D eigenvalue weighted by atomic mass is 35.5. The Kier molecular flexibility index (Phi) is 2.32. The molecule has 0 bridgehead atoms. The topological polar surface area (TPSA) is 69.2 Å². The smallest absolute Gasteiger partial charge is 0.291 e. The highest BCUT2D eigenvalue weighted by Gasteiger charge is 2.16. The molecule has 0 fully saturated rings. The van der Waals surface area contributed by atoms with E-state index in [-0.39, 0.29) is 10.7 Å². The zero-order chi connectivity index (χ0) is 11.0. The van der Waals surface area contributed by atoms with E-state index in [1.807, 2.05) is 6.92 Å². The summed E-state index contributed by atoms with van der Waals surface area (Å²) in [4.78, 5) is 14.2. The summed E-state index contributed by atoms with van der Waals surface area (Å²) in [6.07, 6.45) is 0.639. The monoisotopic (exact) mass is 226 g/mol. The van der Waals surface area contributed by atoms with Crippen LogP contribution in [0.15, 0.2) is 16.5 Å². The van der Waals surface area contributed by atoms with Gasteiger partial charge in [0, 0.05) is 6.42 Å². The Morgan fingerprint density at radius 1 is 1.60 bits per heavy atom. The number of oxazole rings is 1. The molecule has 2 rings (SSSR count). The molecule has 0 aliphatic rings. The van der Waals surface area contributed by atoms with Crippen LogP contribution in [-0.4, -0.2) is 9.91 Å². The highest BCUT2D eigenvalue weighted by Crippen LogP contribution is 2.29. The van der Waals surface area contributed by atoms with E-state index in [2.05, 4.69) is 4.98 Å². The quantitative estimate of drug-likeness (QED) is 0.583. The predicted molar refractivity (Wildman–Crippen MR) is 55.1 cm³/mol. The van der Waals surface area contributed by atoms with Gasteiger partial charge in [-0.1, -0.05) is 18.5 Å². The predicted octanol–water partition coefficient (Wildman–Crippen LogP) is 2.95. The van der Waals surface area contributed by atoms with Gasteiger partial charge in [-0.3, -0.25) is 10.1 Å². The van der Waals surface area contributed by atoms with Crippen LogP contribution >= 0.6 is 11.6 Å². The molecule has 1 aromatic heterocycles. The number of hydrogen-bond donors (Lipinski definition) is 0. The minimum atomic E-state index is -0.546. The molecule has 0 spiro atoms. The van der Waals surface area contributed by atoms with Gasteiger partial charge in [0.15, 0.2) is 11.5 Å². The number of aryl methyl sites for hydroxylation is 1. The minimum Gasteiger partial charge on any atom is -0.440 e. The Morgan fingerprint density at radius 2 is 2.33 bits per heavy atom. The molecular weight excluding hydrogens is 220 g/mol. The molecule has 0 N–H and O–H groups in total. The lowest BCUT2D eigenvalue weighted by Gasteiger charge is -1.93. The van der Waals surface area contributed by atoms with E-state index in [4.69, 9.17) is 16.0 Å². The zero-order valence-corrected chi connectivity index (χ0v) is 8.61. The fraction of sp³-hybridized carbons (Fsp3) is 0.222. The minimum absolute atomic E-state index is 0.0726. The van der Waals surface area contributed by atoms with Crippen molar-refractivity contribution in [3.05, 3.63) is 33.2 Å². The third-order valence-corrected chi connectivity index (χ3v) is 2.30. The Labute approximate surface area is 89.8 Å². The fourth-order valence-electron chi connectivity index (χ4n) is 1.28. The van der Waals surface area contributed by atoms with Gasteiger partial charge in [0.1, 0.15) is 10.5 Å². The number of halogens is 1. The number of rotatable bonds is 2. The van der Waals surface area contributed by atoms with Gasteiger partial charge >= 0.3 is 0 Å². The molecule has 0 aliphatic carbocycles. The van der Waals surface area contributed by atoms with Gasteiger partial charge in [0.2, 0.25) is 0 Å². The Balaban J connectivity index is 2.68. The molecule has 0 unspecified atom stereocenters. The summed E-state index contributed by atoms with van der Waals surface area (Å²) in [6.45, 7) is 1.89. The molecule has 0 aliphatic heterocycles. The zero-order valence-electron chi connectivity index (χ0n) is 7.86. The van der Waals surface area contributed by atoms with Gasteiger partial charge in [-0.05, 0) is 6.07 Å². The summed E-state index contributed by atoms with van der Waals surface area (Å²) in [5.74, 6) is 0.543. The van der Waals surface area contributed by atoms with Crippen molar-refractivity contribution >= 4 is 28.4 Å². The first-order valence-corrected chi connectivity index (χ1v) is 4.73. The SMILES string of the molecule is CCc1nc2cc(Cl)c([N+](=O)[O-])cc2o1. The maximum Gasteiger partial charge on any atom is 0.291 e. The second-order valence-corrected chi connectivity index (χ2v) is 3.40. The summed E-state index contributed by atoms with van der Waals surface area (Å²) in [5, 5.41) is 10.7. The standard InChI is InChI=1S/C9H7ClN2O3/c1-2-9-11-6-3-5(10)7(12(13)14)4-8(6)15-9/h3-4H,2H2,1H3. The molecule has 1 heterocycles. The van der Waals surface area contributed by atoms with Crippen LogP contribution in [0.2, 0.25) is 5.02 Å². The molecule has 2 aromatic rings. The van der Waals surface area contributed by atoms with Crippen molar-refractivity contribution in [2.24, 2.45) is 0 Å². The molecule has 1 aromatic carbocycles. The van der Waals surface area contributed by atoms with Crippen molar-refractivity contribution in [3.8, 4) is 0 Å². The van der Waals surface area contributed by atoms with E-state index in [1.54, 1.807) is 0 Å². The fourth-order valence-corrected chi connectivity index (χ4v) is 1.50. The van der Waals surface area contributed by atoms with E-state index in [9.17, 15) is 10.1 Å². The molecule has 78 valence electrons. The second kappa shape index (κ2) is 3.51. The number of hydrogen-bond acceptors (Lipinski definition) is 4. The van der Waals surface area contributed by atoms with Gasteiger partial charge in [0.05, 0.1) is 11.0 Å². The normalized spacial score (nSPS) is 10.8. The number of benzene rings is 1. The number of nitro groups is 1. The Morgan fingerprint density at radius 3 is 2.93 bits per heavy atom. The van der Waals surface area contributed by atoms with Crippen LogP contribution in [0.25, 0.3) is 11.1 Å². The van der Waals surface area contributed by atoms with Crippen LogP contribution < -0.4 is 0 Å². The largest absolute Gasteiger partial charge is 0.440 e. The van der Waals surface area contributed by atoms with Crippen LogP contribution in [0.5, 0.6) is 0 Å². The van der Waals surface area contributed by atoms with Crippen LogP contribution in [0.3, 0.4) is 0 Å².